The maximum Gasteiger partial charge on any atom is 0.417 e. The van der Waals surface area contributed by atoms with Crippen LogP contribution in [0.15, 0.2) is 46.5 Å². The predicted octanol–water partition coefficient (Wildman–Crippen LogP) is 4.34. The Morgan fingerprint density at radius 3 is 2.56 bits per heavy atom. The van der Waals surface area contributed by atoms with E-state index in [0.717, 1.165) is 30.0 Å². The number of carbonyl (C=O) groups is 1. The number of nitrogens with zero attached hydrogens (tertiary/aromatic N) is 2. The fourth-order valence-electron chi connectivity index (χ4n) is 1.81. The van der Waals surface area contributed by atoms with Crippen molar-refractivity contribution >= 4 is 23.4 Å². The molecule has 25 heavy (non-hydrogen) atoms. The third-order valence-corrected chi connectivity index (χ3v) is 3.96. The standard InChI is InChI=1S/C15H11F3N2O4S/c1-2-24-14(21)9-3-5-12(11(7-9)20(22)23)25-13-6-4-10(8-19-13)15(16,17)18/h3-8H,2H2,1H3. The summed E-state index contributed by atoms with van der Waals surface area (Å²) in [7, 11) is 0. The van der Waals surface area contributed by atoms with Gasteiger partial charge in [0.15, 0.2) is 0 Å². The topological polar surface area (TPSA) is 82.3 Å². The van der Waals surface area contributed by atoms with E-state index in [-0.39, 0.29) is 27.8 Å². The van der Waals surface area contributed by atoms with Crippen molar-refractivity contribution in [2.24, 2.45) is 0 Å². The quantitative estimate of drug-likeness (QED) is 0.441. The molecule has 1 aromatic heterocycles. The van der Waals surface area contributed by atoms with E-state index < -0.39 is 22.6 Å². The Bertz CT molecular complexity index is 794. The first-order valence-electron chi connectivity index (χ1n) is 6.89. The summed E-state index contributed by atoms with van der Waals surface area (Å²) in [5.74, 6) is -0.699. The number of carbonyl (C=O) groups excluding carboxylic acids is 1. The number of halogens is 3. The van der Waals surface area contributed by atoms with Gasteiger partial charge in [-0.25, -0.2) is 9.78 Å². The lowest BCUT2D eigenvalue weighted by Gasteiger charge is -2.07. The second kappa shape index (κ2) is 7.51. The van der Waals surface area contributed by atoms with E-state index in [1.165, 1.54) is 12.1 Å². The number of nitro groups is 1. The van der Waals surface area contributed by atoms with Crippen molar-refractivity contribution in [3.63, 3.8) is 0 Å². The van der Waals surface area contributed by atoms with E-state index in [9.17, 15) is 28.1 Å². The van der Waals surface area contributed by atoms with Crippen molar-refractivity contribution in [1.29, 1.82) is 0 Å². The number of aromatic nitrogens is 1. The van der Waals surface area contributed by atoms with Crippen LogP contribution in [0, 0.1) is 10.1 Å². The average Bonchev–Trinajstić information content (AvgIpc) is 2.55. The predicted molar refractivity (Wildman–Crippen MR) is 82.4 cm³/mol. The molecule has 0 bridgehead atoms. The van der Waals surface area contributed by atoms with Gasteiger partial charge in [-0.15, -0.1) is 0 Å². The van der Waals surface area contributed by atoms with Gasteiger partial charge in [-0.2, -0.15) is 13.2 Å². The Labute approximate surface area is 144 Å². The summed E-state index contributed by atoms with van der Waals surface area (Å²) in [5.41, 5.74) is -1.26. The zero-order valence-electron chi connectivity index (χ0n) is 12.7. The summed E-state index contributed by atoms with van der Waals surface area (Å²) in [4.78, 5) is 26.0. The van der Waals surface area contributed by atoms with E-state index in [4.69, 9.17) is 4.74 Å². The smallest absolute Gasteiger partial charge is 0.417 e. The fraction of sp³-hybridized carbons (Fsp3) is 0.200. The number of rotatable bonds is 5. The minimum absolute atomic E-state index is 0.0123. The van der Waals surface area contributed by atoms with Crippen LogP contribution in [0.1, 0.15) is 22.8 Å². The molecule has 1 aromatic carbocycles. The average molecular weight is 372 g/mol. The van der Waals surface area contributed by atoms with Gasteiger partial charge in [0.1, 0.15) is 5.03 Å². The molecule has 0 atom stereocenters. The molecule has 0 saturated heterocycles. The van der Waals surface area contributed by atoms with Crippen LogP contribution in [-0.2, 0) is 10.9 Å². The number of ether oxygens (including phenoxy) is 1. The van der Waals surface area contributed by atoms with Gasteiger partial charge in [-0.3, -0.25) is 10.1 Å². The number of nitro benzene ring substituents is 1. The van der Waals surface area contributed by atoms with Crippen molar-refractivity contribution in [1.82, 2.24) is 4.98 Å². The van der Waals surface area contributed by atoms with Gasteiger partial charge in [0.2, 0.25) is 0 Å². The maximum absolute atomic E-state index is 12.5. The van der Waals surface area contributed by atoms with Gasteiger partial charge in [-0.05, 0) is 31.2 Å². The molecule has 0 saturated carbocycles. The first-order chi connectivity index (χ1) is 11.7. The molecular formula is C15H11F3N2O4S. The lowest BCUT2D eigenvalue weighted by atomic mass is 10.2. The Morgan fingerprint density at radius 1 is 1.32 bits per heavy atom. The summed E-state index contributed by atoms with van der Waals surface area (Å²) in [6.07, 6.45) is -3.86. The van der Waals surface area contributed by atoms with E-state index in [1.807, 2.05) is 0 Å². The second-order valence-corrected chi connectivity index (χ2v) is 5.71. The highest BCUT2D eigenvalue weighted by molar-refractivity contribution is 7.99. The van der Waals surface area contributed by atoms with Crippen LogP contribution in [-0.4, -0.2) is 22.5 Å². The zero-order chi connectivity index (χ0) is 18.6. The molecule has 0 N–H and O–H groups in total. The van der Waals surface area contributed by atoms with Crippen molar-refractivity contribution in [2.45, 2.75) is 23.0 Å². The van der Waals surface area contributed by atoms with Crippen LogP contribution in [0.5, 0.6) is 0 Å². The first kappa shape index (κ1) is 18.7. The summed E-state index contributed by atoms with van der Waals surface area (Å²) in [6, 6.07) is 5.70. The Kier molecular flexibility index (Phi) is 5.62. The number of alkyl halides is 3. The van der Waals surface area contributed by atoms with Crippen LogP contribution in [0.2, 0.25) is 0 Å². The van der Waals surface area contributed by atoms with Crippen LogP contribution in [0.3, 0.4) is 0 Å². The number of esters is 1. The van der Waals surface area contributed by atoms with Crippen molar-refractivity contribution in [3.8, 4) is 0 Å². The largest absolute Gasteiger partial charge is 0.462 e. The molecular weight excluding hydrogens is 361 g/mol. The molecule has 0 aliphatic heterocycles. The molecule has 0 unspecified atom stereocenters. The molecule has 2 rings (SSSR count). The lowest BCUT2D eigenvalue weighted by Crippen LogP contribution is -2.06. The lowest BCUT2D eigenvalue weighted by molar-refractivity contribution is -0.387. The van der Waals surface area contributed by atoms with E-state index in [1.54, 1.807) is 6.92 Å². The number of hydrogen-bond donors (Lipinski definition) is 0. The number of hydrogen-bond acceptors (Lipinski definition) is 6. The second-order valence-electron chi connectivity index (χ2n) is 4.65. The zero-order valence-corrected chi connectivity index (χ0v) is 13.6. The molecule has 10 heteroatoms. The van der Waals surface area contributed by atoms with Crippen LogP contribution in [0.4, 0.5) is 18.9 Å². The Balaban J connectivity index is 2.29. The Hall–Kier alpha value is -2.62. The molecule has 2 aromatic rings. The molecule has 0 spiro atoms. The monoisotopic (exact) mass is 372 g/mol. The van der Waals surface area contributed by atoms with Gasteiger partial charge < -0.3 is 4.74 Å². The maximum atomic E-state index is 12.5. The Morgan fingerprint density at radius 2 is 2.04 bits per heavy atom. The molecule has 6 nitrogen and oxygen atoms in total. The molecule has 0 radical (unpaired) electrons. The molecule has 0 aliphatic rings. The summed E-state index contributed by atoms with van der Waals surface area (Å²) in [6.45, 7) is 1.73. The molecule has 0 amide bonds. The van der Waals surface area contributed by atoms with Gasteiger partial charge in [0, 0.05) is 12.3 Å². The minimum Gasteiger partial charge on any atom is -0.462 e. The molecule has 132 valence electrons. The fourth-order valence-corrected chi connectivity index (χ4v) is 2.65. The molecule has 1 heterocycles. The number of benzene rings is 1. The normalized spacial score (nSPS) is 11.2. The van der Waals surface area contributed by atoms with Gasteiger partial charge in [0.05, 0.1) is 27.6 Å². The minimum atomic E-state index is -4.51. The highest BCUT2D eigenvalue weighted by Gasteiger charge is 2.30. The molecule has 0 fully saturated rings. The van der Waals surface area contributed by atoms with Crippen molar-refractivity contribution < 1.29 is 27.6 Å². The van der Waals surface area contributed by atoms with Gasteiger partial charge >= 0.3 is 12.1 Å². The highest BCUT2D eigenvalue weighted by Crippen LogP contribution is 2.36. The van der Waals surface area contributed by atoms with E-state index in [0.29, 0.717) is 6.20 Å². The van der Waals surface area contributed by atoms with Crippen LogP contribution < -0.4 is 0 Å². The third-order valence-electron chi connectivity index (χ3n) is 2.94. The SMILES string of the molecule is CCOC(=O)c1ccc(Sc2ccc(C(F)(F)F)cn2)c([N+](=O)[O-])c1. The summed E-state index contributed by atoms with van der Waals surface area (Å²) in [5, 5.41) is 11.4. The van der Waals surface area contributed by atoms with Gasteiger partial charge in [-0.1, -0.05) is 11.8 Å². The third kappa shape index (κ3) is 4.69. The van der Waals surface area contributed by atoms with Gasteiger partial charge in [0.25, 0.3) is 5.69 Å². The number of pyridine rings is 1. The van der Waals surface area contributed by atoms with Crippen molar-refractivity contribution in [2.75, 3.05) is 6.61 Å². The summed E-state index contributed by atoms with van der Waals surface area (Å²) >= 11 is 0.823. The summed E-state index contributed by atoms with van der Waals surface area (Å²) < 4.78 is 42.3. The van der Waals surface area contributed by atoms with E-state index in [2.05, 4.69) is 4.98 Å². The van der Waals surface area contributed by atoms with Crippen LogP contribution >= 0.6 is 11.8 Å². The van der Waals surface area contributed by atoms with Crippen LogP contribution in [0.25, 0.3) is 0 Å². The van der Waals surface area contributed by atoms with E-state index >= 15 is 0 Å². The van der Waals surface area contributed by atoms with Crippen molar-refractivity contribution in [3.05, 3.63) is 57.8 Å². The highest BCUT2D eigenvalue weighted by atomic mass is 32.2. The molecule has 0 aliphatic carbocycles. The first-order valence-corrected chi connectivity index (χ1v) is 7.70.